The normalized spacial score (nSPS) is 29.2. The molecule has 1 saturated carbocycles. The van der Waals surface area contributed by atoms with Gasteiger partial charge in [-0.05, 0) is 32.7 Å². The Hall–Kier alpha value is -0.980. The van der Waals surface area contributed by atoms with Crippen LogP contribution >= 0.6 is 0 Å². The lowest BCUT2D eigenvalue weighted by Gasteiger charge is -2.27. The fourth-order valence-corrected chi connectivity index (χ4v) is 2.38. The van der Waals surface area contributed by atoms with Crippen LogP contribution < -0.4 is 5.73 Å². The summed E-state index contributed by atoms with van der Waals surface area (Å²) in [6.07, 6.45) is 2.19. The smallest absolute Gasteiger partial charge is 0.246 e. The lowest BCUT2D eigenvalue weighted by molar-refractivity contribution is -0.0264. The molecule has 3 rings (SSSR count). The second-order valence-electron chi connectivity index (χ2n) is 5.64. The maximum atomic E-state index is 6.27. The molecular weight excluding hydrogens is 232 g/mol. The SMILES string of the molecule is CN1CCOC(c2noc(C(C)(N)C3CC3)n2)C1. The minimum absolute atomic E-state index is 0.101. The van der Waals surface area contributed by atoms with Gasteiger partial charge in [0, 0.05) is 13.1 Å². The summed E-state index contributed by atoms with van der Waals surface area (Å²) in [6, 6.07) is 0. The van der Waals surface area contributed by atoms with Crippen LogP contribution in [0.4, 0.5) is 0 Å². The molecular formula is C12H20N4O2. The molecule has 6 heteroatoms. The quantitative estimate of drug-likeness (QED) is 0.851. The third-order valence-corrected chi connectivity index (χ3v) is 3.89. The molecule has 2 unspecified atom stereocenters. The molecule has 2 atom stereocenters. The molecule has 100 valence electrons. The maximum absolute atomic E-state index is 6.27. The third kappa shape index (κ3) is 2.15. The molecule has 6 nitrogen and oxygen atoms in total. The van der Waals surface area contributed by atoms with Crippen molar-refractivity contribution in [3.63, 3.8) is 0 Å². The molecule has 0 amide bonds. The van der Waals surface area contributed by atoms with Crippen molar-refractivity contribution in [2.24, 2.45) is 11.7 Å². The second kappa shape index (κ2) is 4.29. The topological polar surface area (TPSA) is 77.4 Å². The predicted octanol–water partition coefficient (Wildman–Crippen LogP) is 0.657. The van der Waals surface area contributed by atoms with Gasteiger partial charge in [0.2, 0.25) is 11.7 Å². The van der Waals surface area contributed by atoms with Crippen molar-refractivity contribution >= 4 is 0 Å². The minimum Gasteiger partial charge on any atom is -0.367 e. The zero-order chi connectivity index (χ0) is 12.8. The molecule has 1 aromatic rings. The minimum atomic E-state index is -0.494. The Bertz CT molecular complexity index is 427. The van der Waals surface area contributed by atoms with Crippen molar-refractivity contribution in [1.82, 2.24) is 15.0 Å². The van der Waals surface area contributed by atoms with Crippen LogP contribution in [0.15, 0.2) is 4.52 Å². The number of hydrogen-bond acceptors (Lipinski definition) is 6. The molecule has 1 aliphatic heterocycles. The van der Waals surface area contributed by atoms with Gasteiger partial charge >= 0.3 is 0 Å². The molecule has 2 heterocycles. The van der Waals surface area contributed by atoms with E-state index >= 15 is 0 Å². The Labute approximate surface area is 106 Å². The Kier molecular flexibility index (Phi) is 2.88. The number of likely N-dealkylation sites (N-methyl/N-ethyl adjacent to an activating group) is 1. The van der Waals surface area contributed by atoms with Gasteiger partial charge < -0.3 is 19.9 Å². The molecule has 2 N–H and O–H groups in total. The standard InChI is InChI=1S/C12H20N4O2/c1-12(13,8-3-4-8)11-14-10(15-18-11)9-7-16(2)5-6-17-9/h8-9H,3-7,13H2,1-2H3. The van der Waals surface area contributed by atoms with Crippen molar-refractivity contribution in [2.45, 2.75) is 31.4 Å². The number of ether oxygens (including phenoxy) is 1. The molecule has 0 spiro atoms. The van der Waals surface area contributed by atoms with E-state index in [1.54, 1.807) is 0 Å². The van der Waals surface area contributed by atoms with Crippen LogP contribution in [0.25, 0.3) is 0 Å². The van der Waals surface area contributed by atoms with E-state index in [2.05, 4.69) is 22.1 Å². The highest BCUT2D eigenvalue weighted by Crippen LogP contribution is 2.43. The fourth-order valence-electron chi connectivity index (χ4n) is 2.38. The zero-order valence-corrected chi connectivity index (χ0v) is 10.9. The van der Waals surface area contributed by atoms with E-state index in [4.69, 9.17) is 15.0 Å². The molecule has 1 saturated heterocycles. The number of morpholine rings is 1. The summed E-state index contributed by atoms with van der Waals surface area (Å²) in [6.45, 7) is 4.41. The molecule has 1 aromatic heterocycles. The number of nitrogens with two attached hydrogens (primary N) is 1. The van der Waals surface area contributed by atoms with Crippen molar-refractivity contribution < 1.29 is 9.26 Å². The summed E-state index contributed by atoms with van der Waals surface area (Å²) in [4.78, 5) is 6.65. The predicted molar refractivity (Wildman–Crippen MR) is 64.8 cm³/mol. The largest absolute Gasteiger partial charge is 0.367 e. The lowest BCUT2D eigenvalue weighted by atomic mass is 9.97. The first-order valence-electron chi connectivity index (χ1n) is 6.50. The Morgan fingerprint density at radius 3 is 2.89 bits per heavy atom. The van der Waals surface area contributed by atoms with E-state index in [9.17, 15) is 0 Å². The van der Waals surface area contributed by atoms with Crippen molar-refractivity contribution in [3.8, 4) is 0 Å². The van der Waals surface area contributed by atoms with Crippen molar-refractivity contribution in [2.75, 3.05) is 26.7 Å². The van der Waals surface area contributed by atoms with Crippen LogP contribution in [0.3, 0.4) is 0 Å². The first-order valence-corrected chi connectivity index (χ1v) is 6.50. The van der Waals surface area contributed by atoms with E-state index < -0.39 is 5.54 Å². The Balaban J connectivity index is 1.76. The molecule has 0 radical (unpaired) electrons. The van der Waals surface area contributed by atoms with Crippen molar-refractivity contribution in [1.29, 1.82) is 0 Å². The van der Waals surface area contributed by atoms with Gasteiger partial charge in [-0.15, -0.1) is 0 Å². The summed E-state index contributed by atoms with van der Waals surface area (Å²) < 4.78 is 11.0. The van der Waals surface area contributed by atoms with Gasteiger partial charge in [0.1, 0.15) is 6.10 Å². The highest BCUT2D eigenvalue weighted by molar-refractivity contribution is 5.08. The van der Waals surface area contributed by atoms with Crippen molar-refractivity contribution in [3.05, 3.63) is 11.7 Å². The third-order valence-electron chi connectivity index (χ3n) is 3.89. The summed E-state index contributed by atoms with van der Waals surface area (Å²) in [5.41, 5.74) is 5.77. The molecule has 0 aromatic carbocycles. The second-order valence-corrected chi connectivity index (χ2v) is 5.64. The lowest BCUT2D eigenvalue weighted by Crippen LogP contribution is -2.37. The van der Waals surface area contributed by atoms with E-state index in [1.165, 1.54) is 0 Å². The van der Waals surface area contributed by atoms with Crippen LogP contribution in [-0.2, 0) is 10.3 Å². The average molecular weight is 252 g/mol. The molecule has 2 aliphatic rings. The summed E-state index contributed by atoms with van der Waals surface area (Å²) in [7, 11) is 2.06. The van der Waals surface area contributed by atoms with Gasteiger partial charge in [-0.2, -0.15) is 4.98 Å². The van der Waals surface area contributed by atoms with E-state index in [0.717, 1.165) is 25.9 Å². The van der Waals surface area contributed by atoms with E-state index in [-0.39, 0.29) is 6.10 Å². The Morgan fingerprint density at radius 1 is 1.44 bits per heavy atom. The van der Waals surface area contributed by atoms with E-state index in [1.807, 2.05) is 6.92 Å². The van der Waals surface area contributed by atoms with Crippen LogP contribution in [-0.4, -0.2) is 41.8 Å². The first-order chi connectivity index (χ1) is 8.57. The van der Waals surface area contributed by atoms with Gasteiger partial charge in [-0.3, -0.25) is 0 Å². The number of rotatable bonds is 3. The number of hydrogen-bond donors (Lipinski definition) is 1. The molecule has 0 bridgehead atoms. The number of aromatic nitrogens is 2. The maximum Gasteiger partial charge on any atom is 0.246 e. The summed E-state index contributed by atoms with van der Waals surface area (Å²) in [5, 5.41) is 4.03. The van der Waals surface area contributed by atoms with Crippen LogP contribution in [0.1, 0.15) is 37.6 Å². The zero-order valence-electron chi connectivity index (χ0n) is 10.9. The van der Waals surface area contributed by atoms with Gasteiger partial charge in [0.15, 0.2) is 0 Å². The number of nitrogens with zero attached hydrogens (tertiary/aromatic N) is 3. The fraction of sp³-hybridized carbons (Fsp3) is 0.833. The van der Waals surface area contributed by atoms with Crippen LogP contribution in [0.2, 0.25) is 0 Å². The average Bonchev–Trinajstić information content (AvgIpc) is 3.07. The molecule has 2 fully saturated rings. The Morgan fingerprint density at radius 2 is 2.22 bits per heavy atom. The van der Waals surface area contributed by atoms with Crippen LogP contribution in [0, 0.1) is 5.92 Å². The van der Waals surface area contributed by atoms with E-state index in [0.29, 0.717) is 24.2 Å². The highest BCUT2D eigenvalue weighted by atomic mass is 16.5. The van der Waals surface area contributed by atoms with Gasteiger partial charge in [0.25, 0.3) is 0 Å². The summed E-state index contributed by atoms with van der Waals surface area (Å²) in [5.74, 6) is 1.63. The molecule has 18 heavy (non-hydrogen) atoms. The highest BCUT2D eigenvalue weighted by Gasteiger charge is 2.44. The first kappa shape index (κ1) is 12.1. The monoisotopic (exact) mass is 252 g/mol. The molecule has 1 aliphatic carbocycles. The van der Waals surface area contributed by atoms with Crippen LogP contribution in [0.5, 0.6) is 0 Å². The van der Waals surface area contributed by atoms with Gasteiger partial charge in [-0.1, -0.05) is 5.16 Å². The summed E-state index contributed by atoms with van der Waals surface area (Å²) >= 11 is 0. The van der Waals surface area contributed by atoms with Gasteiger partial charge in [-0.25, -0.2) is 0 Å². The van der Waals surface area contributed by atoms with Gasteiger partial charge in [0.05, 0.1) is 12.1 Å².